The lowest BCUT2D eigenvalue weighted by atomic mass is 9.88. The Morgan fingerprint density at radius 3 is 2.15 bits per heavy atom. The molecule has 0 amide bonds. The highest BCUT2D eigenvalue weighted by atomic mass is 31.2. The Kier molecular flexibility index (Phi) is 3.94. The van der Waals surface area contributed by atoms with Crippen molar-refractivity contribution in [2.45, 2.75) is 20.8 Å². The molecule has 0 aliphatic carbocycles. The quantitative estimate of drug-likeness (QED) is 0.493. The van der Waals surface area contributed by atoms with E-state index in [2.05, 4.69) is 4.85 Å². The van der Waals surface area contributed by atoms with Gasteiger partial charge >= 0.3 is 0 Å². The van der Waals surface area contributed by atoms with Crippen molar-refractivity contribution in [3.8, 4) is 0 Å². The average molecular weight is 199 g/mol. The largest absolute Gasteiger partial charge is 0.324 e. The molecule has 0 unspecified atom stereocenters. The highest BCUT2D eigenvalue weighted by Gasteiger charge is 2.21. The van der Waals surface area contributed by atoms with Crippen LogP contribution in [0.1, 0.15) is 20.8 Å². The second-order valence-corrected chi connectivity index (χ2v) is 8.23. The average Bonchev–Trinajstić information content (AvgIpc) is 1.81. The van der Waals surface area contributed by atoms with Crippen LogP contribution < -0.4 is 0 Å². The van der Waals surface area contributed by atoms with Crippen molar-refractivity contribution in [1.29, 1.82) is 0 Å². The minimum absolute atomic E-state index is 0.0494. The first kappa shape index (κ1) is 12.5. The molecule has 0 rings (SSSR count). The molecule has 0 saturated heterocycles. The van der Waals surface area contributed by atoms with Crippen molar-refractivity contribution in [1.82, 2.24) is 0 Å². The maximum Gasteiger partial charge on any atom is 0.154 e. The van der Waals surface area contributed by atoms with Crippen LogP contribution in [-0.4, -0.2) is 19.5 Å². The first-order chi connectivity index (χ1) is 5.67. The van der Waals surface area contributed by atoms with Gasteiger partial charge in [-0.2, -0.15) is 0 Å². The van der Waals surface area contributed by atoms with Crippen LogP contribution in [0.2, 0.25) is 0 Å². The smallest absolute Gasteiger partial charge is 0.154 e. The SMILES string of the molecule is [C-]#[N+]/C=C(\CP(C)(C)=O)C(C)(C)C. The van der Waals surface area contributed by atoms with Crippen LogP contribution in [0.25, 0.3) is 4.85 Å². The van der Waals surface area contributed by atoms with Gasteiger partial charge in [0.15, 0.2) is 6.20 Å². The summed E-state index contributed by atoms with van der Waals surface area (Å²) in [7, 11) is -2.06. The molecular weight excluding hydrogens is 181 g/mol. The van der Waals surface area contributed by atoms with Crippen LogP contribution >= 0.6 is 7.14 Å². The molecular formula is C10H18NOP. The Morgan fingerprint density at radius 2 is 1.92 bits per heavy atom. The molecule has 0 N–H and O–H groups in total. The third kappa shape index (κ3) is 5.66. The number of hydrogen-bond acceptors (Lipinski definition) is 1. The lowest BCUT2D eigenvalue weighted by Gasteiger charge is -2.24. The van der Waals surface area contributed by atoms with Crippen molar-refractivity contribution >= 4 is 7.14 Å². The van der Waals surface area contributed by atoms with Crippen LogP contribution in [0.3, 0.4) is 0 Å². The molecule has 0 atom stereocenters. The predicted octanol–water partition coefficient (Wildman–Crippen LogP) is 3.46. The summed E-state index contributed by atoms with van der Waals surface area (Å²) in [5, 5.41) is 0. The Hall–Kier alpha value is -0.540. The van der Waals surface area contributed by atoms with Gasteiger partial charge in [-0.3, -0.25) is 0 Å². The van der Waals surface area contributed by atoms with E-state index < -0.39 is 7.14 Å². The highest BCUT2D eigenvalue weighted by molar-refractivity contribution is 7.62. The summed E-state index contributed by atoms with van der Waals surface area (Å²) in [5.74, 6) is 0. The normalized spacial score (nSPS) is 14.0. The Labute approximate surface area is 81.2 Å². The van der Waals surface area contributed by atoms with Crippen LogP contribution in [0.15, 0.2) is 11.8 Å². The minimum atomic E-state index is -2.06. The van der Waals surface area contributed by atoms with Crippen molar-refractivity contribution in [2.24, 2.45) is 5.41 Å². The van der Waals surface area contributed by atoms with Gasteiger partial charge in [0.25, 0.3) is 0 Å². The van der Waals surface area contributed by atoms with Crippen LogP contribution in [0.4, 0.5) is 0 Å². The van der Waals surface area contributed by atoms with Crippen LogP contribution in [0, 0.1) is 12.0 Å². The topological polar surface area (TPSA) is 21.4 Å². The fraction of sp³-hybridized carbons (Fsp3) is 0.700. The minimum Gasteiger partial charge on any atom is -0.324 e. The third-order valence-electron chi connectivity index (χ3n) is 1.73. The molecule has 0 saturated carbocycles. The maximum absolute atomic E-state index is 11.6. The van der Waals surface area contributed by atoms with Crippen molar-refractivity contribution < 1.29 is 4.57 Å². The molecule has 0 aliphatic rings. The van der Waals surface area contributed by atoms with Crippen LogP contribution in [0.5, 0.6) is 0 Å². The van der Waals surface area contributed by atoms with Gasteiger partial charge < -0.3 is 4.57 Å². The van der Waals surface area contributed by atoms with E-state index >= 15 is 0 Å². The molecule has 0 aromatic carbocycles. The van der Waals surface area contributed by atoms with E-state index in [9.17, 15) is 4.57 Å². The van der Waals surface area contributed by atoms with Crippen molar-refractivity contribution in [3.05, 3.63) is 23.2 Å². The molecule has 0 radical (unpaired) electrons. The van der Waals surface area contributed by atoms with E-state index in [4.69, 9.17) is 6.57 Å². The van der Waals surface area contributed by atoms with E-state index in [-0.39, 0.29) is 5.41 Å². The summed E-state index contributed by atoms with van der Waals surface area (Å²) in [4.78, 5) is 3.25. The molecule has 3 heteroatoms. The first-order valence-electron chi connectivity index (χ1n) is 4.27. The summed E-state index contributed by atoms with van der Waals surface area (Å²) in [6, 6.07) is 0. The second kappa shape index (κ2) is 4.11. The van der Waals surface area contributed by atoms with E-state index in [0.717, 1.165) is 5.57 Å². The molecule has 0 heterocycles. The standard InChI is InChI=1S/C10H18NOP/c1-10(2,3)9(7-11-4)8-13(5,6)12/h7H,8H2,1-3,5-6H3/b9-7+. The number of nitrogens with zero attached hydrogens (tertiary/aromatic N) is 1. The van der Waals surface area contributed by atoms with Gasteiger partial charge in [0, 0.05) is 6.16 Å². The van der Waals surface area contributed by atoms with E-state index in [1.807, 2.05) is 20.8 Å². The predicted molar refractivity (Wildman–Crippen MR) is 58.5 cm³/mol. The third-order valence-corrected chi connectivity index (χ3v) is 2.84. The zero-order valence-corrected chi connectivity index (χ0v) is 9.98. The van der Waals surface area contributed by atoms with E-state index in [1.165, 1.54) is 6.20 Å². The van der Waals surface area contributed by atoms with Gasteiger partial charge in [0.1, 0.15) is 0 Å². The van der Waals surface area contributed by atoms with Gasteiger partial charge in [-0.1, -0.05) is 26.3 Å². The van der Waals surface area contributed by atoms with E-state index in [1.54, 1.807) is 13.3 Å². The second-order valence-electron chi connectivity index (χ2n) is 4.77. The monoisotopic (exact) mass is 199 g/mol. The Bertz CT molecular complexity index is 285. The van der Waals surface area contributed by atoms with Crippen LogP contribution in [-0.2, 0) is 4.57 Å². The molecule has 0 aliphatic heterocycles. The number of rotatable bonds is 2. The molecule has 0 aromatic rings. The first-order valence-corrected chi connectivity index (χ1v) is 7.05. The molecule has 2 nitrogen and oxygen atoms in total. The fourth-order valence-corrected chi connectivity index (χ4v) is 2.34. The fourth-order valence-electron chi connectivity index (χ4n) is 0.960. The molecule has 74 valence electrons. The lowest BCUT2D eigenvalue weighted by Crippen LogP contribution is -2.12. The van der Waals surface area contributed by atoms with Gasteiger partial charge in [-0.25, -0.2) is 4.85 Å². The Morgan fingerprint density at radius 1 is 1.46 bits per heavy atom. The number of hydrogen-bond donors (Lipinski definition) is 0. The summed E-state index contributed by atoms with van der Waals surface area (Å²) >= 11 is 0. The molecule has 13 heavy (non-hydrogen) atoms. The zero-order valence-electron chi connectivity index (χ0n) is 9.09. The highest BCUT2D eigenvalue weighted by Crippen LogP contribution is 2.42. The summed E-state index contributed by atoms with van der Waals surface area (Å²) in [6.45, 7) is 16.4. The van der Waals surface area contributed by atoms with Crippen molar-refractivity contribution in [2.75, 3.05) is 19.5 Å². The summed E-state index contributed by atoms with van der Waals surface area (Å²) < 4.78 is 11.6. The lowest BCUT2D eigenvalue weighted by molar-refractivity contribution is 0.501. The summed E-state index contributed by atoms with van der Waals surface area (Å²) in [6.07, 6.45) is 2.07. The van der Waals surface area contributed by atoms with Gasteiger partial charge in [-0.05, 0) is 18.7 Å². The van der Waals surface area contributed by atoms with Gasteiger partial charge in [0.2, 0.25) is 0 Å². The number of allylic oxidation sites excluding steroid dienone is 1. The van der Waals surface area contributed by atoms with E-state index in [0.29, 0.717) is 6.16 Å². The molecule has 0 bridgehead atoms. The van der Waals surface area contributed by atoms with Crippen molar-refractivity contribution in [3.63, 3.8) is 0 Å². The zero-order chi connectivity index (χ0) is 10.7. The summed E-state index contributed by atoms with van der Waals surface area (Å²) in [5.41, 5.74) is 0.933. The van der Waals surface area contributed by atoms with Gasteiger partial charge in [-0.15, -0.1) is 0 Å². The molecule has 0 aromatic heterocycles. The molecule has 0 fully saturated rings. The molecule has 0 spiro atoms. The maximum atomic E-state index is 11.6. The van der Waals surface area contributed by atoms with Gasteiger partial charge in [0.05, 0.1) is 13.7 Å². The Balaban J connectivity index is 4.80.